The van der Waals surface area contributed by atoms with Crippen molar-refractivity contribution in [3.8, 4) is 0 Å². The highest BCUT2D eigenvalue weighted by Crippen LogP contribution is 2.13. The van der Waals surface area contributed by atoms with E-state index in [0.717, 1.165) is 18.6 Å². The van der Waals surface area contributed by atoms with Gasteiger partial charge in [-0.25, -0.2) is 0 Å². The van der Waals surface area contributed by atoms with Gasteiger partial charge in [-0.1, -0.05) is 19.1 Å². The van der Waals surface area contributed by atoms with Crippen molar-refractivity contribution in [1.82, 2.24) is 5.32 Å². The van der Waals surface area contributed by atoms with Crippen LogP contribution in [-0.2, 0) is 0 Å². The van der Waals surface area contributed by atoms with Crippen molar-refractivity contribution in [3.63, 3.8) is 0 Å². The molecule has 2 atom stereocenters. The number of hydrogen-bond acceptors (Lipinski definition) is 3. The standard InChI is InChI=1S/C13H26N2O/c1-6-7-8-9-12(3)15-10-11(2)13(4,16)14-5/h6-7,11,14,16H,8-10H2,1-5H3/b7-6-,15-12?/t11-,13?/m1/s1. The molecule has 0 radical (unpaired) electrons. The average Bonchev–Trinajstić information content (AvgIpc) is 2.26. The monoisotopic (exact) mass is 226 g/mol. The highest BCUT2D eigenvalue weighted by atomic mass is 16.3. The summed E-state index contributed by atoms with van der Waals surface area (Å²) in [5, 5.41) is 12.8. The second-order valence-corrected chi connectivity index (χ2v) is 4.48. The number of aliphatic hydroxyl groups is 1. The fraction of sp³-hybridized carbons (Fsp3) is 0.769. The summed E-state index contributed by atoms with van der Waals surface area (Å²) < 4.78 is 0. The second kappa shape index (κ2) is 7.58. The summed E-state index contributed by atoms with van der Waals surface area (Å²) in [6, 6.07) is 0. The maximum Gasteiger partial charge on any atom is 0.117 e. The Balaban J connectivity index is 4.05. The molecule has 3 nitrogen and oxygen atoms in total. The molecule has 0 saturated heterocycles. The van der Waals surface area contributed by atoms with Gasteiger partial charge in [0.05, 0.1) is 0 Å². The largest absolute Gasteiger partial charge is 0.376 e. The molecule has 0 aliphatic carbocycles. The van der Waals surface area contributed by atoms with E-state index >= 15 is 0 Å². The van der Waals surface area contributed by atoms with Crippen LogP contribution in [-0.4, -0.2) is 30.1 Å². The number of aliphatic imine (C=N–C) groups is 1. The minimum atomic E-state index is -0.840. The van der Waals surface area contributed by atoms with Crippen molar-refractivity contribution in [2.24, 2.45) is 10.9 Å². The van der Waals surface area contributed by atoms with Crippen molar-refractivity contribution >= 4 is 5.71 Å². The van der Waals surface area contributed by atoms with Crippen LogP contribution in [0.5, 0.6) is 0 Å². The molecule has 2 N–H and O–H groups in total. The number of nitrogens with zero attached hydrogens (tertiary/aromatic N) is 1. The zero-order valence-corrected chi connectivity index (χ0v) is 11.2. The Hall–Kier alpha value is -0.670. The molecule has 0 fully saturated rings. The Morgan fingerprint density at radius 3 is 2.69 bits per heavy atom. The van der Waals surface area contributed by atoms with Crippen LogP contribution >= 0.6 is 0 Å². The Bertz CT molecular complexity index is 244. The lowest BCUT2D eigenvalue weighted by atomic mass is 10.00. The van der Waals surface area contributed by atoms with E-state index in [4.69, 9.17) is 0 Å². The van der Waals surface area contributed by atoms with Gasteiger partial charge in [-0.2, -0.15) is 0 Å². The summed E-state index contributed by atoms with van der Waals surface area (Å²) in [7, 11) is 1.76. The van der Waals surface area contributed by atoms with Crippen molar-refractivity contribution in [1.29, 1.82) is 0 Å². The molecule has 94 valence electrons. The van der Waals surface area contributed by atoms with E-state index in [-0.39, 0.29) is 5.92 Å². The normalized spacial score (nSPS) is 18.8. The summed E-state index contributed by atoms with van der Waals surface area (Å²) in [6.45, 7) is 8.51. The highest BCUT2D eigenvalue weighted by Gasteiger charge is 2.25. The first kappa shape index (κ1) is 15.3. The van der Waals surface area contributed by atoms with Crippen molar-refractivity contribution in [3.05, 3.63) is 12.2 Å². The number of hydrogen-bond donors (Lipinski definition) is 2. The molecule has 0 aromatic heterocycles. The molecular weight excluding hydrogens is 200 g/mol. The highest BCUT2D eigenvalue weighted by molar-refractivity contribution is 5.81. The topological polar surface area (TPSA) is 44.6 Å². The van der Waals surface area contributed by atoms with Crippen LogP contribution in [0, 0.1) is 5.92 Å². The van der Waals surface area contributed by atoms with Crippen LogP contribution in [0.3, 0.4) is 0 Å². The molecule has 0 aromatic carbocycles. The zero-order valence-electron chi connectivity index (χ0n) is 11.2. The van der Waals surface area contributed by atoms with Crippen molar-refractivity contribution in [2.45, 2.75) is 46.3 Å². The van der Waals surface area contributed by atoms with Gasteiger partial charge >= 0.3 is 0 Å². The lowest BCUT2D eigenvalue weighted by Gasteiger charge is -2.28. The van der Waals surface area contributed by atoms with E-state index in [0.29, 0.717) is 6.54 Å². The molecule has 16 heavy (non-hydrogen) atoms. The second-order valence-electron chi connectivity index (χ2n) is 4.48. The molecule has 0 heterocycles. The van der Waals surface area contributed by atoms with Crippen LogP contribution in [0.25, 0.3) is 0 Å². The van der Waals surface area contributed by atoms with Gasteiger partial charge in [0.25, 0.3) is 0 Å². The molecule has 1 unspecified atom stereocenters. The zero-order chi connectivity index (χ0) is 12.6. The number of rotatable bonds is 7. The van der Waals surface area contributed by atoms with Crippen LogP contribution in [0.1, 0.15) is 40.5 Å². The maximum absolute atomic E-state index is 9.93. The maximum atomic E-state index is 9.93. The predicted octanol–water partition coefficient (Wildman–Crippen LogP) is 2.37. The first-order chi connectivity index (χ1) is 7.44. The van der Waals surface area contributed by atoms with E-state index in [2.05, 4.69) is 22.5 Å². The summed E-state index contributed by atoms with van der Waals surface area (Å²) in [5.74, 6) is 0.106. The molecular formula is C13H26N2O. The third-order valence-electron chi connectivity index (χ3n) is 3.01. The van der Waals surface area contributed by atoms with Gasteiger partial charge in [0.1, 0.15) is 5.72 Å². The Labute approximate surface area is 99.7 Å². The summed E-state index contributed by atoms with van der Waals surface area (Å²) in [4.78, 5) is 4.49. The molecule has 0 spiro atoms. The van der Waals surface area contributed by atoms with E-state index in [1.165, 1.54) is 0 Å². The molecule has 0 amide bonds. The Kier molecular flexibility index (Phi) is 7.26. The van der Waals surface area contributed by atoms with Crippen LogP contribution in [0.15, 0.2) is 17.1 Å². The third kappa shape index (κ3) is 6.03. The van der Waals surface area contributed by atoms with E-state index in [1.807, 2.05) is 20.8 Å². The van der Waals surface area contributed by atoms with Gasteiger partial charge in [-0.3, -0.25) is 10.3 Å². The van der Waals surface area contributed by atoms with Crippen LogP contribution in [0.2, 0.25) is 0 Å². The van der Waals surface area contributed by atoms with Crippen LogP contribution < -0.4 is 5.32 Å². The van der Waals surface area contributed by atoms with Gasteiger partial charge in [-0.15, -0.1) is 0 Å². The smallest absolute Gasteiger partial charge is 0.117 e. The van der Waals surface area contributed by atoms with Crippen molar-refractivity contribution < 1.29 is 5.11 Å². The van der Waals surface area contributed by atoms with Crippen molar-refractivity contribution in [2.75, 3.05) is 13.6 Å². The van der Waals surface area contributed by atoms with Gasteiger partial charge < -0.3 is 5.11 Å². The summed E-state index contributed by atoms with van der Waals surface area (Å²) in [5.41, 5.74) is 0.310. The van der Waals surface area contributed by atoms with E-state index < -0.39 is 5.72 Å². The molecule has 0 saturated carbocycles. The lowest BCUT2D eigenvalue weighted by Crippen LogP contribution is -2.46. The first-order valence-electron chi connectivity index (χ1n) is 5.96. The molecule has 0 aliphatic rings. The summed E-state index contributed by atoms with van der Waals surface area (Å²) >= 11 is 0. The first-order valence-corrected chi connectivity index (χ1v) is 5.96. The fourth-order valence-corrected chi connectivity index (χ4v) is 1.25. The quantitative estimate of drug-likeness (QED) is 0.398. The van der Waals surface area contributed by atoms with E-state index in [9.17, 15) is 5.11 Å². The Morgan fingerprint density at radius 2 is 2.19 bits per heavy atom. The minimum absolute atomic E-state index is 0.106. The molecule has 0 rings (SSSR count). The lowest BCUT2D eigenvalue weighted by molar-refractivity contribution is -0.0158. The van der Waals surface area contributed by atoms with Crippen LogP contribution in [0.4, 0.5) is 0 Å². The van der Waals surface area contributed by atoms with E-state index in [1.54, 1.807) is 14.0 Å². The van der Waals surface area contributed by atoms with Gasteiger partial charge in [0.2, 0.25) is 0 Å². The third-order valence-corrected chi connectivity index (χ3v) is 3.01. The molecule has 0 aliphatic heterocycles. The Morgan fingerprint density at radius 1 is 1.56 bits per heavy atom. The summed E-state index contributed by atoms with van der Waals surface area (Å²) in [6.07, 6.45) is 6.25. The predicted molar refractivity (Wildman–Crippen MR) is 70.9 cm³/mol. The SMILES string of the molecule is C/C=C\CCC(C)=NC[C@@H](C)C(C)(O)NC. The average molecular weight is 226 g/mol. The molecule has 0 bridgehead atoms. The van der Waals surface area contributed by atoms with Gasteiger partial charge in [-0.05, 0) is 40.7 Å². The number of nitrogens with one attached hydrogen (secondary N) is 1. The van der Waals surface area contributed by atoms with Gasteiger partial charge in [0.15, 0.2) is 0 Å². The number of allylic oxidation sites excluding steroid dienone is 2. The molecule has 0 aromatic rings. The minimum Gasteiger partial charge on any atom is -0.376 e. The molecule has 3 heteroatoms. The van der Waals surface area contributed by atoms with Gasteiger partial charge in [0, 0.05) is 18.2 Å². The fourth-order valence-electron chi connectivity index (χ4n) is 1.25.